The summed E-state index contributed by atoms with van der Waals surface area (Å²) in [5.41, 5.74) is 0.166. The molecule has 1 unspecified atom stereocenters. The lowest BCUT2D eigenvalue weighted by Crippen LogP contribution is -2.01. The average molecular weight is 252 g/mol. The minimum atomic E-state index is -0.485. The standard InChI is InChI=1S/C12H13FN2O3/c1-3-10(17-2)11-14-12(18-15-11)8-6-7(13)4-5-9(8)16/h4-6,10,16H,3H2,1-2H3. The van der Waals surface area contributed by atoms with E-state index in [1.807, 2.05) is 6.92 Å². The summed E-state index contributed by atoms with van der Waals surface area (Å²) in [7, 11) is 1.55. The van der Waals surface area contributed by atoms with Crippen LogP contribution in [0.3, 0.4) is 0 Å². The number of aromatic nitrogens is 2. The van der Waals surface area contributed by atoms with Gasteiger partial charge in [0.25, 0.3) is 5.89 Å². The molecule has 18 heavy (non-hydrogen) atoms. The smallest absolute Gasteiger partial charge is 0.261 e. The van der Waals surface area contributed by atoms with Gasteiger partial charge in [0.05, 0.1) is 5.56 Å². The number of benzene rings is 1. The molecule has 1 aromatic carbocycles. The van der Waals surface area contributed by atoms with Gasteiger partial charge in [-0.25, -0.2) is 4.39 Å². The zero-order valence-corrected chi connectivity index (χ0v) is 10.1. The second-order valence-corrected chi connectivity index (χ2v) is 3.75. The normalized spacial score (nSPS) is 12.6. The molecule has 0 saturated heterocycles. The van der Waals surface area contributed by atoms with Crippen molar-refractivity contribution in [3.05, 3.63) is 29.8 Å². The number of halogens is 1. The first-order chi connectivity index (χ1) is 8.65. The molecule has 2 rings (SSSR count). The van der Waals surface area contributed by atoms with E-state index in [1.54, 1.807) is 7.11 Å². The Morgan fingerprint density at radius 3 is 2.94 bits per heavy atom. The van der Waals surface area contributed by atoms with E-state index in [-0.39, 0.29) is 23.3 Å². The first-order valence-electron chi connectivity index (χ1n) is 5.51. The summed E-state index contributed by atoms with van der Waals surface area (Å²) < 4.78 is 23.3. The Bertz CT molecular complexity index is 538. The van der Waals surface area contributed by atoms with E-state index in [0.717, 1.165) is 12.1 Å². The largest absolute Gasteiger partial charge is 0.507 e. The summed E-state index contributed by atoms with van der Waals surface area (Å²) in [6.45, 7) is 1.92. The quantitative estimate of drug-likeness (QED) is 0.906. The molecule has 0 amide bonds. The Hall–Kier alpha value is -1.95. The fourth-order valence-electron chi connectivity index (χ4n) is 1.61. The van der Waals surface area contributed by atoms with Crippen LogP contribution in [0, 0.1) is 5.82 Å². The molecule has 0 saturated carbocycles. The number of hydrogen-bond acceptors (Lipinski definition) is 5. The van der Waals surface area contributed by atoms with Crippen LogP contribution in [0.4, 0.5) is 4.39 Å². The lowest BCUT2D eigenvalue weighted by atomic mass is 10.2. The van der Waals surface area contributed by atoms with Gasteiger partial charge in [0.1, 0.15) is 17.7 Å². The minimum Gasteiger partial charge on any atom is -0.507 e. The van der Waals surface area contributed by atoms with Crippen LogP contribution in [0.25, 0.3) is 11.5 Å². The van der Waals surface area contributed by atoms with Crippen molar-refractivity contribution >= 4 is 0 Å². The van der Waals surface area contributed by atoms with Crippen molar-refractivity contribution in [1.29, 1.82) is 0 Å². The monoisotopic (exact) mass is 252 g/mol. The second kappa shape index (κ2) is 5.14. The lowest BCUT2D eigenvalue weighted by molar-refractivity contribution is 0.0903. The van der Waals surface area contributed by atoms with Crippen LogP contribution in [0.2, 0.25) is 0 Å². The van der Waals surface area contributed by atoms with Crippen molar-refractivity contribution in [2.45, 2.75) is 19.4 Å². The predicted molar refractivity (Wildman–Crippen MR) is 61.4 cm³/mol. The Balaban J connectivity index is 2.37. The maximum Gasteiger partial charge on any atom is 0.261 e. The third-order valence-electron chi connectivity index (χ3n) is 2.57. The van der Waals surface area contributed by atoms with Crippen LogP contribution in [-0.2, 0) is 4.74 Å². The van der Waals surface area contributed by atoms with Crippen molar-refractivity contribution < 1.29 is 18.8 Å². The van der Waals surface area contributed by atoms with Gasteiger partial charge in [0, 0.05) is 7.11 Å². The molecule has 0 aliphatic heterocycles. The molecule has 5 nitrogen and oxygen atoms in total. The molecule has 0 aliphatic carbocycles. The lowest BCUT2D eigenvalue weighted by Gasteiger charge is -2.06. The third kappa shape index (κ3) is 2.33. The van der Waals surface area contributed by atoms with Gasteiger partial charge >= 0.3 is 0 Å². The van der Waals surface area contributed by atoms with Crippen LogP contribution in [-0.4, -0.2) is 22.4 Å². The number of ether oxygens (including phenoxy) is 1. The number of rotatable bonds is 4. The summed E-state index contributed by atoms with van der Waals surface area (Å²) in [6, 6.07) is 3.53. The molecule has 1 atom stereocenters. The molecular formula is C12H13FN2O3. The molecule has 0 spiro atoms. The van der Waals surface area contributed by atoms with Gasteiger partial charge in [-0.2, -0.15) is 4.98 Å². The molecule has 1 N–H and O–H groups in total. The van der Waals surface area contributed by atoms with E-state index in [4.69, 9.17) is 9.26 Å². The highest BCUT2D eigenvalue weighted by Crippen LogP contribution is 2.29. The first kappa shape index (κ1) is 12.5. The predicted octanol–water partition coefficient (Wildman–Crippen LogP) is 2.68. The minimum absolute atomic E-state index is 0.0671. The van der Waals surface area contributed by atoms with E-state index < -0.39 is 5.82 Å². The van der Waals surface area contributed by atoms with Crippen LogP contribution < -0.4 is 0 Å². The molecule has 0 aliphatic rings. The molecule has 96 valence electrons. The molecule has 0 fully saturated rings. The van der Waals surface area contributed by atoms with Crippen molar-refractivity contribution in [3.63, 3.8) is 0 Å². The third-order valence-corrected chi connectivity index (χ3v) is 2.57. The van der Waals surface area contributed by atoms with Gasteiger partial charge in [-0.15, -0.1) is 0 Å². The SMILES string of the molecule is CCC(OC)c1noc(-c2cc(F)ccc2O)n1. The van der Waals surface area contributed by atoms with Crippen LogP contribution >= 0.6 is 0 Å². The molecule has 1 aromatic heterocycles. The van der Waals surface area contributed by atoms with Gasteiger partial charge in [0.15, 0.2) is 0 Å². The zero-order chi connectivity index (χ0) is 13.1. The highest BCUT2D eigenvalue weighted by molar-refractivity contribution is 5.61. The van der Waals surface area contributed by atoms with Crippen molar-refractivity contribution in [2.75, 3.05) is 7.11 Å². The van der Waals surface area contributed by atoms with Crippen molar-refractivity contribution in [1.82, 2.24) is 10.1 Å². The van der Waals surface area contributed by atoms with E-state index in [2.05, 4.69) is 10.1 Å². The van der Waals surface area contributed by atoms with Crippen LogP contribution in [0.5, 0.6) is 5.75 Å². The number of nitrogens with zero attached hydrogens (tertiary/aromatic N) is 2. The molecule has 0 bridgehead atoms. The maximum absolute atomic E-state index is 13.1. The van der Waals surface area contributed by atoms with Gasteiger partial charge in [-0.05, 0) is 24.6 Å². The molecule has 1 heterocycles. The Labute approximate surface area is 103 Å². The molecule has 6 heteroatoms. The van der Waals surface area contributed by atoms with Crippen molar-refractivity contribution in [3.8, 4) is 17.2 Å². The van der Waals surface area contributed by atoms with E-state index in [0.29, 0.717) is 12.2 Å². The highest BCUT2D eigenvalue weighted by Gasteiger charge is 2.18. The average Bonchev–Trinajstić information content (AvgIpc) is 2.83. The number of hydrogen-bond donors (Lipinski definition) is 1. The summed E-state index contributed by atoms with van der Waals surface area (Å²) in [6.07, 6.45) is 0.406. The number of phenols is 1. The zero-order valence-electron chi connectivity index (χ0n) is 10.1. The van der Waals surface area contributed by atoms with E-state index >= 15 is 0 Å². The molecule has 2 aromatic rings. The van der Waals surface area contributed by atoms with E-state index in [9.17, 15) is 9.50 Å². The second-order valence-electron chi connectivity index (χ2n) is 3.75. The van der Waals surface area contributed by atoms with Crippen LogP contribution in [0.1, 0.15) is 25.3 Å². The Morgan fingerprint density at radius 1 is 1.50 bits per heavy atom. The number of methoxy groups -OCH3 is 1. The van der Waals surface area contributed by atoms with Gasteiger partial charge in [-0.1, -0.05) is 12.1 Å². The number of phenolic OH excluding ortho intramolecular Hbond substituents is 1. The Morgan fingerprint density at radius 2 is 2.28 bits per heavy atom. The topological polar surface area (TPSA) is 68.4 Å². The fraction of sp³-hybridized carbons (Fsp3) is 0.333. The highest BCUT2D eigenvalue weighted by atomic mass is 19.1. The van der Waals surface area contributed by atoms with Gasteiger partial charge in [-0.3, -0.25) is 0 Å². The van der Waals surface area contributed by atoms with Crippen molar-refractivity contribution in [2.24, 2.45) is 0 Å². The van der Waals surface area contributed by atoms with Crippen LogP contribution in [0.15, 0.2) is 22.7 Å². The fourth-order valence-corrected chi connectivity index (χ4v) is 1.61. The Kier molecular flexibility index (Phi) is 3.57. The molecule has 0 radical (unpaired) electrons. The van der Waals surface area contributed by atoms with Gasteiger partial charge in [0.2, 0.25) is 5.82 Å². The summed E-state index contributed by atoms with van der Waals surface area (Å²) >= 11 is 0. The van der Waals surface area contributed by atoms with Gasteiger partial charge < -0.3 is 14.4 Å². The summed E-state index contributed by atoms with van der Waals surface area (Å²) in [4.78, 5) is 4.10. The first-order valence-corrected chi connectivity index (χ1v) is 5.51. The van der Waals surface area contributed by atoms with E-state index in [1.165, 1.54) is 6.07 Å². The maximum atomic E-state index is 13.1. The number of aromatic hydroxyl groups is 1. The summed E-state index contributed by atoms with van der Waals surface area (Å²) in [5.74, 6) is -0.158. The summed E-state index contributed by atoms with van der Waals surface area (Å²) in [5, 5.41) is 13.4. The molecular weight excluding hydrogens is 239 g/mol.